The third-order valence-corrected chi connectivity index (χ3v) is 2.54. The van der Waals surface area contributed by atoms with Crippen LogP contribution in [0.3, 0.4) is 0 Å². The Labute approximate surface area is 92.7 Å². The van der Waals surface area contributed by atoms with E-state index >= 15 is 0 Å². The van der Waals surface area contributed by atoms with Crippen molar-refractivity contribution in [2.75, 3.05) is 0 Å². The summed E-state index contributed by atoms with van der Waals surface area (Å²) in [6.07, 6.45) is 10.3. The summed E-state index contributed by atoms with van der Waals surface area (Å²) in [6, 6.07) is 10.8. The first-order chi connectivity index (χ1) is 7.33. The van der Waals surface area contributed by atoms with E-state index < -0.39 is 0 Å². The Bertz CT molecular complexity index is 297. The van der Waals surface area contributed by atoms with Gasteiger partial charge in [0.05, 0.1) is 0 Å². The minimum atomic E-state index is 0.268. The summed E-state index contributed by atoms with van der Waals surface area (Å²) in [5.41, 5.74) is 7.32. The highest BCUT2D eigenvalue weighted by atomic mass is 14.6. The number of nitrogens with two attached hydrogens (primary N) is 1. The van der Waals surface area contributed by atoms with Gasteiger partial charge in [-0.1, -0.05) is 30.3 Å². The first-order valence-electron chi connectivity index (χ1n) is 5.56. The molecule has 0 aromatic heterocycles. The zero-order valence-corrected chi connectivity index (χ0v) is 9.15. The quantitative estimate of drug-likeness (QED) is 0.704. The molecule has 0 aliphatic rings. The molecule has 1 aromatic carbocycles. The standard InChI is InChI=1S/C14H19N/c1-2-3-11-14(15)12-7-10-13-8-5-4-6-9-13/h1,4-6,8-9,14H,3,7,10-12,15H2. The van der Waals surface area contributed by atoms with E-state index in [9.17, 15) is 0 Å². The van der Waals surface area contributed by atoms with Crippen molar-refractivity contribution in [2.45, 2.75) is 38.1 Å². The molecular formula is C14H19N. The van der Waals surface area contributed by atoms with Gasteiger partial charge < -0.3 is 5.73 Å². The van der Waals surface area contributed by atoms with E-state index in [4.69, 9.17) is 12.2 Å². The SMILES string of the molecule is C#CCCC(N)CCCc1ccccc1. The predicted octanol–water partition coefficient (Wildman–Crippen LogP) is 2.75. The van der Waals surface area contributed by atoms with Gasteiger partial charge in [0, 0.05) is 12.5 Å². The lowest BCUT2D eigenvalue weighted by atomic mass is 10.0. The molecular weight excluding hydrogens is 182 g/mol. The first-order valence-corrected chi connectivity index (χ1v) is 5.56. The lowest BCUT2D eigenvalue weighted by Crippen LogP contribution is -2.19. The van der Waals surface area contributed by atoms with Gasteiger partial charge in [0.25, 0.3) is 0 Å². The van der Waals surface area contributed by atoms with Gasteiger partial charge in [-0.05, 0) is 31.2 Å². The Morgan fingerprint density at radius 1 is 1.20 bits per heavy atom. The third kappa shape index (κ3) is 5.24. The van der Waals surface area contributed by atoms with Crippen LogP contribution in [0.5, 0.6) is 0 Å². The average Bonchev–Trinajstić information content (AvgIpc) is 2.28. The summed E-state index contributed by atoms with van der Waals surface area (Å²) in [5.74, 6) is 2.63. The van der Waals surface area contributed by atoms with Crippen LogP contribution in [0.25, 0.3) is 0 Å². The van der Waals surface area contributed by atoms with E-state index in [0.29, 0.717) is 0 Å². The van der Waals surface area contributed by atoms with Crippen molar-refractivity contribution < 1.29 is 0 Å². The Kier molecular flexibility index (Phi) is 5.58. The maximum Gasteiger partial charge on any atom is 0.0101 e. The van der Waals surface area contributed by atoms with Crippen LogP contribution >= 0.6 is 0 Å². The fourth-order valence-corrected chi connectivity index (χ4v) is 1.63. The topological polar surface area (TPSA) is 26.0 Å². The molecule has 0 aliphatic heterocycles. The van der Waals surface area contributed by atoms with Gasteiger partial charge in [0.2, 0.25) is 0 Å². The molecule has 1 unspecified atom stereocenters. The van der Waals surface area contributed by atoms with E-state index in [-0.39, 0.29) is 6.04 Å². The number of benzene rings is 1. The molecule has 0 amide bonds. The molecule has 0 saturated heterocycles. The van der Waals surface area contributed by atoms with Crippen LogP contribution in [0.15, 0.2) is 30.3 Å². The molecule has 0 fully saturated rings. The Hall–Kier alpha value is -1.26. The monoisotopic (exact) mass is 201 g/mol. The summed E-state index contributed by atoms with van der Waals surface area (Å²) >= 11 is 0. The van der Waals surface area contributed by atoms with Gasteiger partial charge in [-0.2, -0.15) is 0 Å². The number of aryl methyl sites for hydroxylation is 1. The highest BCUT2D eigenvalue weighted by Crippen LogP contribution is 2.07. The molecule has 2 N–H and O–H groups in total. The first kappa shape index (κ1) is 11.8. The van der Waals surface area contributed by atoms with Gasteiger partial charge in [0.1, 0.15) is 0 Å². The van der Waals surface area contributed by atoms with Gasteiger partial charge >= 0.3 is 0 Å². The van der Waals surface area contributed by atoms with Crippen LogP contribution in [0.4, 0.5) is 0 Å². The maximum absolute atomic E-state index is 5.93. The van der Waals surface area contributed by atoms with Crippen molar-refractivity contribution in [1.82, 2.24) is 0 Å². The normalized spacial score (nSPS) is 12.0. The van der Waals surface area contributed by atoms with Crippen molar-refractivity contribution >= 4 is 0 Å². The molecule has 1 heteroatoms. The smallest absolute Gasteiger partial charge is 0.0101 e. The summed E-state index contributed by atoms with van der Waals surface area (Å²) in [7, 11) is 0. The Balaban J connectivity index is 2.14. The Morgan fingerprint density at radius 2 is 1.93 bits per heavy atom. The van der Waals surface area contributed by atoms with Crippen LogP contribution in [0.2, 0.25) is 0 Å². The lowest BCUT2D eigenvalue weighted by molar-refractivity contribution is 0.553. The second-order valence-corrected chi connectivity index (χ2v) is 3.88. The molecule has 1 rings (SSSR count). The Morgan fingerprint density at radius 3 is 2.60 bits per heavy atom. The van der Waals surface area contributed by atoms with Crippen LogP contribution in [-0.2, 0) is 6.42 Å². The molecule has 15 heavy (non-hydrogen) atoms. The zero-order chi connectivity index (χ0) is 10.9. The number of hydrogen-bond acceptors (Lipinski definition) is 1. The van der Waals surface area contributed by atoms with Crippen LogP contribution in [0.1, 0.15) is 31.2 Å². The molecule has 0 saturated carbocycles. The van der Waals surface area contributed by atoms with Crippen molar-refractivity contribution in [1.29, 1.82) is 0 Å². The fourth-order valence-electron chi connectivity index (χ4n) is 1.63. The van der Waals surface area contributed by atoms with E-state index in [1.165, 1.54) is 5.56 Å². The molecule has 0 radical (unpaired) electrons. The van der Waals surface area contributed by atoms with Crippen molar-refractivity contribution in [2.24, 2.45) is 5.73 Å². The van der Waals surface area contributed by atoms with E-state index in [1.807, 2.05) is 6.07 Å². The molecule has 0 heterocycles. The van der Waals surface area contributed by atoms with Crippen LogP contribution in [0, 0.1) is 12.3 Å². The van der Waals surface area contributed by atoms with E-state index in [1.54, 1.807) is 0 Å². The van der Waals surface area contributed by atoms with E-state index in [2.05, 4.69) is 30.2 Å². The van der Waals surface area contributed by atoms with Crippen molar-refractivity contribution in [3.63, 3.8) is 0 Å². The summed E-state index contributed by atoms with van der Waals surface area (Å²) in [6.45, 7) is 0. The van der Waals surface area contributed by atoms with Gasteiger partial charge in [-0.25, -0.2) is 0 Å². The maximum atomic E-state index is 5.93. The second-order valence-electron chi connectivity index (χ2n) is 3.88. The second kappa shape index (κ2) is 7.09. The minimum absolute atomic E-state index is 0.268. The van der Waals surface area contributed by atoms with Crippen LogP contribution in [-0.4, -0.2) is 6.04 Å². The fraction of sp³-hybridized carbons (Fsp3) is 0.429. The predicted molar refractivity (Wildman–Crippen MR) is 65.4 cm³/mol. The number of rotatable bonds is 6. The largest absolute Gasteiger partial charge is 0.328 e. The van der Waals surface area contributed by atoms with Crippen LogP contribution < -0.4 is 5.73 Å². The highest BCUT2D eigenvalue weighted by molar-refractivity contribution is 5.14. The molecule has 0 bridgehead atoms. The lowest BCUT2D eigenvalue weighted by Gasteiger charge is -2.09. The third-order valence-electron chi connectivity index (χ3n) is 2.54. The highest BCUT2D eigenvalue weighted by Gasteiger charge is 2.01. The molecule has 0 aliphatic carbocycles. The molecule has 1 nitrogen and oxygen atoms in total. The molecule has 80 valence electrons. The van der Waals surface area contributed by atoms with Crippen molar-refractivity contribution in [3.8, 4) is 12.3 Å². The van der Waals surface area contributed by atoms with Gasteiger partial charge in [-0.15, -0.1) is 12.3 Å². The minimum Gasteiger partial charge on any atom is -0.328 e. The summed E-state index contributed by atoms with van der Waals surface area (Å²) < 4.78 is 0. The molecule has 0 spiro atoms. The summed E-state index contributed by atoms with van der Waals surface area (Å²) in [5, 5.41) is 0. The van der Waals surface area contributed by atoms with Gasteiger partial charge in [0.15, 0.2) is 0 Å². The van der Waals surface area contributed by atoms with Gasteiger partial charge in [-0.3, -0.25) is 0 Å². The van der Waals surface area contributed by atoms with Crippen molar-refractivity contribution in [3.05, 3.63) is 35.9 Å². The average molecular weight is 201 g/mol. The number of terminal acetylenes is 1. The molecule has 1 atom stereocenters. The number of hydrogen-bond donors (Lipinski definition) is 1. The zero-order valence-electron chi connectivity index (χ0n) is 9.15. The van der Waals surface area contributed by atoms with E-state index in [0.717, 1.165) is 32.1 Å². The summed E-state index contributed by atoms with van der Waals surface area (Å²) in [4.78, 5) is 0. The molecule has 1 aromatic rings.